The fraction of sp³-hybridized carbons (Fsp3) is 0.211. The van der Waals surface area contributed by atoms with Gasteiger partial charge in [0.1, 0.15) is 17.6 Å². The van der Waals surface area contributed by atoms with E-state index in [1.165, 1.54) is 0 Å². The Kier molecular flexibility index (Phi) is 7.01. The maximum atomic E-state index is 11.9. The fourth-order valence-electron chi connectivity index (χ4n) is 2.07. The van der Waals surface area contributed by atoms with E-state index in [1.807, 2.05) is 36.4 Å². The second-order valence-electron chi connectivity index (χ2n) is 5.29. The molecule has 134 valence electrons. The van der Waals surface area contributed by atoms with Crippen molar-refractivity contribution in [2.45, 2.75) is 6.92 Å². The Hall–Kier alpha value is -3.53. The number of rotatable bonds is 8. The van der Waals surface area contributed by atoms with E-state index in [-0.39, 0.29) is 19.1 Å². The zero-order chi connectivity index (χ0) is 18.8. The predicted octanol–water partition coefficient (Wildman–Crippen LogP) is 2.55. The van der Waals surface area contributed by atoms with Crippen molar-refractivity contribution in [3.05, 3.63) is 54.1 Å². The quantitative estimate of drug-likeness (QED) is 0.562. The van der Waals surface area contributed by atoms with Crippen LogP contribution in [0.4, 0.5) is 5.69 Å². The van der Waals surface area contributed by atoms with Crippen molar-refractivity contribution in [1.82, 2.24) is 5.43 Å². The van der Waals surface area contributed by atoms with Crippen molar-refractivity contribution in [2.24, 2.45) is 5.10 Å². The third kappa shape index (κ3) is 5.83. The van der Waals surface area contributed by atoms with Crippen LogP contribution < -0.4 is 20.2 Å². The summed E-state index contributed by atoms with van der Waals surface area (Å²) in [7, 11) is 1.59. The summed E-state index contributed by atoms with van der Waals surface area (Å²) < 4.78 is 10.3. The molecule has 2 N–H and O–H groups in total. The van der Waals surface area contributed by atoms with Crippen LogP contribution in [-0.2, 0) is 4.79 Å². The normalized spacial score (nSPS) is 10.6. The summed E-state index contributed by atoms with van der Waals surface area (Å²) >= 11 is 0. The lowest BCUT2D eigenvalue weighted by atomic mass is 10.1. The molecule has 7 heteroatoms. The number of hydrazone groups is 1. The van der Waals surface area contributed by atoms with Gasteiger partial charge in [0.25, 0.3) is 5.91 Å². The minimum Gasteiger partial charge on any atom is -0.497 e. The number of anilines is 1. The standard InChI is InChI=1S/C19H20N4O3/c1-14(15-6-8-17(9-7-15)26-11-10-20)22-23-19(24)13-21-16-4-3-5-18(12-16)25-2/h3-9,12,21H,11,13H2,1-2H3,(H,23,24)/b22-14-. The lowest BCUT2D eigenvalue weighted by molar-refractivity contribution is -0.119. The number of hydrogen-bond acceptors (Lipinski definition) is 6. The summed E-state index contributed by atoms with van der Waals surface area (Å²) in [5.41, 5.74) is 4.80. The van der Waals surface area contributed by atoms with Crippen molar-refractivity contribution in [3.63, 3.8) is 0 Å². The van der Waals surface area contributed by atoms with Gasteiger partial charge in [0.15, 0.2) is 6.61 Å². The van der Waals surface area contributed by atoms with Crippen LogP contribution in [0, 0.1) is 11.3 Å². The first-order valence-electron chi connectivity index (χ1n) is 7.93. The van der Waals surface area contributed by atoms with Crippen LogP contribution in [0.25, 0.3) is 0 Å². The molecule has 0 radical (unpaired) electrons. The van der Waals surface area contributed by atoms with Gasteiger partial charge in [-0.05, 0) is 48.9 Å². The summed E-state index contributed by atoms with van der Waals surface area (Å²) in [6.07, 6.45) is 0. The van der Waals surface area contributed by atoms with Gasteiger partial charge in [0.05, 0.1) is 19.4 Å². The van der Waals surface area contributed by atoms with Crippen molar-refractivity contribution >= 4 is 17.3 Å². The summed E-state index contributed by atoms with van der Waals surface area (Å²) in [5, 5.41) is 15.6. The second-order valence-corrected chi connectivity index (χ2v) is 5.29. The molecular weight excluding hydrogens is 332 g/mol. The van der Waals surface area contributed by atoms with E-state index in [1.54, 1.807) is 32.2 Å². The lowest BCUT2D eigenvalue weighted by Gasteiger charge is -2.08. The van der Waals surface area contributed by atoms with Crippen LogP contribution in [0.2, 0.25) is 0 Å². The highest BCUT2D eigenvalue weighted by molar-refractivity contribution is 5.99. The van der Waals surface area contributed by atoms with E-state index < -0.39 is 0 Å². The van der Waals surface area contributed by atoms with Gasteiger partial charge in [-0.15, -0.1) is 0 Å². The Morgan fingerprint density at radius 2 is 1.96 bits per heavy atom. The molecule has 0 saturated carbocycles. The molecule has 0 heterocycles. The molecule has 2 rings (SSSR count). The molecule has 0 aliphatic heterocycles. The number of methoxy groups -OCH3 is 1. The van der Waals surface area contributed by atoms with Gasteiger partial charge in [0, 0.05) is 11.8 Å². The third-order valence-electron chi connectivity index (χ3n) is 3.45. The first kappa shape index (κ1) is 18.8. The topological polar surface area (TPSA) is 95.7 Å². The number of benzene rings is 2. The average Bonchev–Trinajstić information content (AvgIpc) is 2.69. The van der Waals surface area contributed by atoms with E-state index in [2.05, 4.69) is 15.8 Å². The Bertz CT molecular complexity index is 810. The Morgan fingerprint density at radius 3 is 2.65 bits per heavy atom. The number of nitrogens with one attached hydrogen (secondary N) is 2. The van der Waals surface area contributed by atoms with Crippen molar-refractivity contribution in [1.29, 1.82) is 5.26 Å². The molecule has 7 nitrogen and oxygen atoms in total. The number of nitrogens with zero attached hydrogens (tertiary/aromatic N) is 2. The maximum Gasteiger partial charge on any atom is 0.259 e. The van der Waals surface area contributed by atoms with Crippen LogP contribution >= 0.6 is 0 Å². The second kappa shape index (κ2) is 9.69. The van der Waals surface area contributed by atoms with E-state index >= 15 is 0 Å². The summed E-state index contributed by atoms with van der Waals surface area (Å²) in [4.78, 5) is 11.9. The SMILES string of the molecule is COc1cccc(NCC(=O)N/N=C(/C)c2ccc(OCC#N)cc2)c1. The molecule has 0 aliphatic rings. The van der Waals surface area contributed by atoms with Gasteiger partial charge in [-0.1, -0.05) is 6.07 Å². The number of ether oxygens (including phenoxy) is 2. The van der Waals surface area contributed by atoms with E-state index in [0.29, 0.717) is 17.2 Å². The smallest absolute Gasteiger partial charge is 0.259 e. The van der Waals surface area contributed by atoms with Crippen LogP contribution in [0.3, 0.4) is 0 Å². The first-order chi connectivity index (χ1) is 12.6. The van der Waals surface area contributed by atoms with E-state index in [9.17, 15) is 4.79 Å². The zero-order valence-electron chi connectivity index (χ0n) is 14.7. The molecule has 0 atom stereocenters. The van der Waals surface area contributed by atoms with Crippen molar-refractivity contribution in [3.8, 4) is 17.6 Å². The van der Waals surface area contributed by atoms with Gasteiger partial charge in [-0.25, -0.2) is 5.43 Å². The average molecular weight is 352 g/mol. The number of hydrogen-bond donors (Lipinski definition) is 2. The molecule has 0 bridgehead atoms. The maximum absolute atomic E-state index is 11.9. The van der Waals surface area contributed by atoms with Crippen molar-refractivity contribution in [2.75, 3.05) is 25.6 Å². The Morgan fingerprint density at radius 1 is 1.19 bits per heavy atom. The number of nitriles is 1. The highest BCUT2D eigenvalue weighted by Crippen LogP contribution is 2.16. The molecule has 1 amide bonds. The lowest BCUT2D eigenvalue weighted by Crippen LogP contribution is -2.26. The summed E-state index contributed by atoms with van der Waals surface area (Å²) in [5.74, 6) is 1.06. The minimum atomic E-state index is -0.263. The molecular formula is C19H20N4O3. The van der Waals surface area contributed by atoms with Crippen LogP contribution in [0.1, 0.15) is 12.5 Å². The van der Waals surface area contributed by atoms with Crippen molar-refractivity contribution < 1.29 is 14.3 Å². The van der Waals surface area contributed by atoms with E-state index in [4.69, 9.17) is 14.7 Å². The molecule has 0 saturated heterocycles. The van der Waals surface area contributed by atoms with Gasteiger partial charge < -0.3 is 14.8 Å². The largest absolute Gasteiger partial charge is 0.497 e. The minimum absolute atomic E-state index is 0.00274. The summed E-state index contributed by atoms with van der Waals surface area (Å²) in [6.45, 7) is 1.88. The predicted molar refractivity (Wildman–Crippen MR) is 99.4 cm³/mol. The molecule has 0 fully saturated rings. The third-order valence-corrected chi connectivity index (χ3v) is 3.45. The van der Waals surface area contributed by atoms with Crippen LogP contribution in [0.5, 0.6) is 11.5 Å². The van der Waals surface area contributed by atoms with Crippen LogP contribution in [-0.4, -0.2) is 31.9 Å². The molecule has 26 heavy (non-hydrogen) atoms. The fourth-order valence-corrected chi connectivity index (χ4v) is 2.07. The molecule has 0 spiro atoms. The number of amides is 1. The van der Waals surface area contributed by atoms with Crippen LogP contribution in [0.15, 0.2) is 53.6 Å². The zero-order valence-corrected chi connectivity index (χ0v) is 14.7. The van der Waals surface area contributed by atoms with Gasteiger partial charge in [-0.2, -0.15) is 10.4 Å². The Balaban J connectivity index is 1.85. The molecule has 2 aromatic rings. The molecule has 0 aliphatic carbocycles. The Labute approximate surface area is 152 Å². The highest BCUT2D eigenvalue weighted by Gasteiger charge is 2.03. The van der Waals surface area contributed by atoms with Gasteiger partial charge in [0.2, 0.25) is 0 Å². The number of carbonyl (C=O) groups is 1. The number of carbonyl (C=O) groups excluding carboxylic acids is 1. The highest BCUT2D eigenvalue weighted by atomic mass is 16.5. The molecule has 0 unspecified atom stereocenters. The molecule has 2 aromatic carbocycles. The first-order valence-corrected chi connectivity index (χ1v) is 7.93. The van der Waals surface area contributed by atoms with Gasteiger partial charge in [-0.3, -0.25) is 4.79 Å². The summed E-state index contributed by atoms with van der Waals surface area (Å²) in [6, 6.07) is 16.3. The molecule has 0 aromatic heterocycles. The van der Waals surface area contributed by atoms with E-state index in [0.717, 1.165) is 11.3 Å². The van der Waals surface area contributed by atoms with Gasteiger partial charge >= 0.3 is 0 Å². The monoisotopic (exact) mass is 352 g/mol.